The van der Waals surface area contributed by atoms with E-state index in [1.165, 1.54) is 55.3 Å². The first-order chi connectivity index (χ1) is 16.8. The van der Waals surface area contributed by atoms with Gasteiger partial charge in [0.15, 0.2) is 0 Å². The van der Waals surface area contributed by atoms with Gasteiger partial charge in [0.1, 0.15) is 0 Å². The van der Waals surface area contributed by atoms with Crippen LogP contribution in [0.15, 0.2) is 121 Å². The van der Waals surface area contributed by atoms with E-state index in [4.69, 9.17) is 0 Å². The second kappa shape index (κ2) is 8.53. The fourth-order valence-corrected chi connectivity index (χ4v) is 4.66. The summed E-state index contributed by atoms with van der Waals surface area (Å²) in [5, 5.41) is 2.56. The number of rotatable bonds is 4. The molecule has 6 rings (SSSR count). The second-order valence-electron chi connectivity index (χ2n) is 8.79. The molecule has 0 radical (unpaired) electrons. The predicted molar refractivity (Wildman–Crippen MR) is 146 cm³/mol. The Morgan fingerprint density at radius 2 is 1.09 bits per heavy atom. The van der Waals surface area contributed by atoms with Crippen molar-refractivity contribution in [3.8, 4) is 16.8 Å². The average molecular weight is 436 g/mol. The molecule has 0 aliphatic heterocycles. The fraction of sp³-hybridized carbons (Fsp3) is 0.0303. The van der Waals surface area contributed by atoms with Crippen LogP contribution in [0.25, 0.3) is 50.8 Å². The number of fused-ring (bicyclic) bond motifs is 3. The summed E-state index contributed by atoms with van der Waals surface area (Å²) in [6.07, 6.45) is 4.34. The van der Waals surface area contributed by atoms with Gasteiger partial charge in [0.05, 0.1) is 11.0 Å². The van der Waals surface area contributed by atoms with E-state index >= 15 is 0 Å². The van der Waals surface area contributed by atoms with E-state index in [2.05, 4.69) is 145 Å². The van der Waals surface area contributed by atoms with Gasteiger partial charge >= 0.3 is 0 Å². The molecular weight excluding hydrogens is 410 g/mol. The molecule has 162 valence electrons. The zero-order chi connectivity index (χ0) is 22.9. The number of hydrogen-bond acceptors (Lipinski definition) is 0. The van der Waals surface area contributed by atoms with Crippen molar-refractivity contribution in [1.29, 1.82) is 0 Å². The van der Waals surface area contributed by atoms with Gasteiger partial charge in [-0.1, -0.05) is 109 Å². The first-order valence-electron chi connectivity index (χ1n) is 11.7. The number of hydrogen-bond donors (Lipinski definition) is 0. The van der Waals surface area contributed by atoms with Crippen molar-refractivity contribution in [1.82, 2.24) is 4.57 Å². The molecule has 1 aromatic heterocycles. The van der Waals surface area contributed by atoms with Gasteiger partial charge in [-0.25, -0.2) is 0 Å². The highest BCUT2D eigenvalue weighted by molar-refractivity contribution is 6.10. The summed E-state index contributed by atoms with van der Waals surface area (Å²) in [5.74, 6) is 0. The first-order valence-corrected chi connectivity index (χ1v) is 11.7. The standard InChI is InChI=1S/C33H25N/c1-24-11-13-25(14-12-24)15-16-26-17-19-27(20-18-26)28-21-22-33-31(23-28)30-9-5-6-10-32(30)34(33)29-7-3-2-4-8-29/h2-23H,1H3. The van der Waals surface area contributed by atoms with E-state index < -0.39 is 0 Å². The topological polar surface area (TPSA) is 4.93 Å². The molecule has 0 spiro atoms. The third-order valence-electron chi connectivity index (χ3n) is 6.48. The molecule has 0 amide bonds. The molecule has 1 nitrogen and oxygen atoms in total. The zero-order valence-corrected chi connectivity index (χ0v) is 19.1. The van der Waals surface area contributed by atoms with Crippen molar-refractivity contribution in [3.63, 3.8) is 0 Å². The lowest BCUT2D eigenvalue weighted by molar-refractivity contribution is 1.18. The molecule has 0 saturated heterocycles. The molecule has 0 saturated carbocycles. The largest absolute Gasteiger partial charge is 0.309 e. The molecule has 0 atom stereocenters. The summed E-state index contributed by atoms with van der Waals surface area (Å²) in [6, 6.07) is 43.5. The van der Waals surface area contributed by atoms with Gasteiger partial charge in [0, 0.05) is 16.5 Å². The Morgan fingerprint density at radius 3 is 1.82 bits per heavy atom. The molecule has 0 fully saturated rings. The second-order valence-corrected chi connectivity index (χ2v) is 8.79. The minimum atomic E-state index is 1.19. The number of nitrogens with zero attached hydrogens (tertiary/aromatic N) is 1. The van der Waals surface area contributed by atoms with Crippen molar-refractivity contribution in [2.45, 2.75) is 6.92 Å². The van der Waals surface area contributed by atoms with Crippen LogP contribution in [0.4, 0.5) is 0 Å². The number of aromatic nitrogens is 1. The van der Waals surface area contributed by atoms with E-state index in [0.717, 1.165) is 0 Å². The number of aryl methyl sites for hydroxylation is 1. The molecule has 0 bridgehead atoms. The van der Waals surface area contributed by atoms with Crippen LogP contribution in [0.2, 0.25) is 0 Å². The van der Waals surface area contributed by atoms with Gasteiger partial charge < -0.3 is 4.57 Å². The van der Waals surface area contributed by atoms with Crippen LogP contribution in [0, 0.1) is 6.92 Å². The first kappa shape index (κ1) is 20.3. The van der Waals surface area contributed by atoms with E-state index in [0.29, 0.717) is 0 Å². The maximum absolute atomic E-state index is 2.35. The normalized spacial score (nSPS) is 11.6. The minimum Gasteiger partial charge on any atom is -0.309 e. The summed E-state index contributed by atoms with van der Waals surface area (Å²) in [5.41, 5.74) is 9.81. The Bertz CT molecular complexity index is 1620. The summed E-state index contributed by atoms with van der Waals surface area (Å²) < 4.78 is 2.35. The molecule has 34 heavy (non-hydrogen) atoms. The van der Waals surface area contributed by atoms with Gasteiger partial charge in [-0.05, 0) is 59.5 Å². The third-order valence-corrected chi connectivity index (χ3v) is 6.48. The highest BCUT2D eigenvalue weighted by Crippen LogP contribution is 2.34. The predicted octanol–water partition coefficient (Wildman–Crippen LogP) is 8.93. The highest BCUT2D eigenvalue weighted by atomic mass is 15.0. The number of para-hydroxylation sites is 2. The van der Waals surface area contributed by atoms with Gasteiger partial charge in [0.25, 0.3) is 0 Å². The molecule has 1 heterocycles. The Hall–Kier alpha value is -4.36. The zero-order valence-electron chi connectivity index (χ0n) is 19.1. The molecule has 1 heteroatoms. The number of benzene rings is 5. The average Bonchev–Trinajstić information content (AvgIpc) is 3.23. The van der Waals surface area contributed by atoms with Gasteiger partial charge in [0.2, 0.25) is 0 Å². The van der Waals surface area contributed by atoms with Crippen LogP contribution in [0.3, 0.4) is 0 Å². The Balaban J connectivity index is 1.38. The lowest BCUT2D eigenvalue weighted by Crippen LogP contribution is -1.92. The molecule has 0 unspecified atom stereocenters. The molecule has 0 N–H and O–H groups in total. The fourth-order valence-electron chi connectivity index (χ4n) is 4.66. The van der Waals surface area contributed by atoms with Gasteiger partial charge in [-0.3, -0.25) is 0 Å². The van der Waals surface area contributed by atoms with Crippen molar-refractivity contribution in [3.05, 3.63) is 138 Å². The van der Waals surface area contributed by atoms with Crippen LogP contribution in [0.5, 0.6) is 0 Å². The van der Waals surface area contributed by atoms with E-state index in [9.17, 15) is 0 Å². The van der Waals surface area contributed by atoms with Crippen LogP contribution >= 0.6 is 0 Å². The van der Waals surface area contributed by atoms with Crippen LogP contribution < -0.4 is 0 Å². The SMILES string of the molecule is Cc1ccc(C=Cc2ccc(-c3ccc4c(c3)c3ccccc3n4-c3ccccc3)cc2)cc1. The lowest BCUT2D eigenvalue weighted by atomic mass is 10.0. The van der Waals surface area contributed by atoms with Crippen molar-refractivity contribution in [2.24, 2.45) is 0 Å². The van der Waals surface area contributed by atoms with Gasteiger partial charge in [-0.2, -0.15) is 0 Å². The quantitative estimate of drug-likeness (QED) is 0.244. The molecule has 0 aliphatic rings. The maximum Gasteiger partial charge on any atom is 0.0541 e. The third kappa shape index (κ3) is 3.72. The Kier molecular flexibility index (Phi) is 5.08. The van der Waals surface area contributed by atoms with Crippen molar-refractivity contribution < 1.29 is 0 Å². The van der Waals surface area contributed by atoms with E-state index in [1.807, 2.05) is 0 Å². The van der Waals surface area contributed by atoms with Crippen molar-refractivity contribution >= 4 is 34.0 Å². The maximum atomic E-state index is 2.35. The summed E-state index contributed by atoms with van der Waals surface area (Å²) >= 11 is 0. The molecule has 0 aliphatic carbocycles. The van der Waals surface area contributed by atoms with E-state index in [1.54, 1.807) is 0 Å². The Labute approximate surface area is 200 Å². The molecular formula is C33H25N. The lowest BCUT2D eigenvalue weighted by Gasteiger charge is -2.08. The van der Waals surface area contributed by atoms with Crippen molar-refractivity contribution in [2.75, 3.05) is 0 Å². The summed E-state index contributed by atoms with van der Waals surface area (Å²) in [4.78, 5) is 0. The monoisotopic (exact) mass is 435 g/mol. The van der Waals surface area contributed by atoms with Crippen LogP contribution in [-0.2, 0) is 0 Å². The summed E-state index contributed by atoms with van der Waals surface area (Å²) in [7, 11) is 0. The summed E-state index contributed by atoms with van der Waals surface area (Å²) in [6.45, 7) is 2.11. The molecule has 5 aromatic carbocycles. The Morgan fingerprint density at radius 1 is 0.500 bits per heavy atom. The van der Waals surface area contributed by atoms with Crippen LogP contribution in [-0.4, -0.2) is 4.57 Å². The highest BCUT2D eigenvalue weighted by Gasteiger charge is 2.12. The minimum absolute atomic E-state index is 1.19. The van der Waals surface area contributed by atoms with Crippen LogP contribution in [0.1, 0.15) is 16.7 Å². The van der Waals surface area contributed by atoms with Gasteiger partial charge in [-0.15, -0.1) is 0 Å². The smallest absolute Gasteiger partial charge is 0.0541 e. The van der Waals surface area contributed by atoms with E-state index in [-0.39, 0.29) is 0 Å². The molecule has 6 aromatic rings.